The van der Waals surface area contributed by atoms with Crippen molar-refractivity contribution in [2.24, 2.45) is 7.05 Å². The van der Waals surface area contributed by atoms with Gasteiger partial charge in [0.15, 0.2) is 0 Å². The number of aromatic nitrogens is 1. The van der Waals surface area contributed by atoms with Crippen LogP contribution >= 0.6 is 0 Å². The molecule has 68 valence electrons. The van der Waals surface area contributed by atoms with E-state index in [2.05, 4.69) is 39.3 Å². The lowest BCUT2D eigenvalue weighted by molar-refractivity contribution is 0.832. The summed E-state index contributed by atoms with van der Waals surface area (Å²) in [6.07, 6.45) is 2.33. The molecule has 0 aliphatic carbocycles. The summed E-state index contributed by atoms with van der Waals surface area (Å²) in [5.74, 6) is 0. The molecule has 1 heteroatoms. The van der Waals surface area contributed by atoms with E-state index in [-0.39, 0.29) is 0 Å². The Morgan fingerprint density at radius 2 is 1.25 bits per heavy atom. The lowest BCUT2D eigenvalue weighted by Gasteiger charge is -1.99. The molecule has 0 bridgehead atoms. The zero-order chi connectivity index (χ0) is 9.30. The van der Waals surface area contributed by atoms with Gasteiger partial charge >= 0.3 is 0 Å². The third-order valence-corrected chi connectivity index (χ3v) is 2.95. The van der Waals surface area contributed by atoms with Gasteiger partial charge in [0.2, 0.25) is 0 Å². The van der Waals surface area contributed by atoms with Crippen molar-refractivity contribution >= 4 is 0 Å². The minimum Gasteiger partial charge on any atom is -0.352 e. The van der Waals surface area contributed by atoms with Gasteiger partial charge in [0, 0.05) is 18.4 Å². The highest BCUT2D eigenvalue weighted by molar-refractivity contribution is 5.37. The first kappa shape index (κ1) is 9.37. The van der Waals surface area contributed by atoms with Crippen LogP contribution in [0.15, 0.2) is 0 Å². The summed E-state index contributed by atoms with van der Waals surface area (Å²) in [5, 5.41) is 0. The van der Waals surface area contributed by atoms with E-state index in [4.69, 9.17) is 0 Å². The summed E-state index contributed by atoms with van der Waals surface area (Å²) >= 11 is 0. The van der Waals surface area contributed by atoms with E-state index in [1.165, 1.54) is 11.4 Å². The van der Waals surface area contributed by atoms with E-state index < -0.39 is 0 Å². The Balaban J connectivity index is 3.34. The molecule has 0 fully saturated rings. The van der Waals surface area contributed by atoms with Crippen LogP contribution in [0.4, 0.5) is 0 Å². The maximum Gasteiger partial charge on any atom is 0.0178 e. The molecule has 0 amide bonds. The maximum absolute atomic E-state index is 2.30. The average Bonchev–Trinajstić information content (AvgIpc) is 2.29. The van der Waals surface area contributed by atoms with E-state index in [0.717, 1.165) is 12.8 Å². The molecule has 0 atom stereocenters. The second-order valence-electron chi connectivity index (χ2n) is 3.39. The van der Waals surface area contributed by atoms with Crippen LogP contribution < -0.4 is 0 Å². The second kappa shape index (κ2) is 3.34. The lowest BCUT2D eigenvalue weighted by atomic mass is 10.0. The van der Waals surface area contributed by atoms with Gasteiger partial charge in [-0.3, -0.25) is 0 Å². The smallest absolute Gasteiger partial charge is 0.0178 e. The van der Waals surface area contributed by atoms with E-state index in [9.17, 15) is 0 Å². The zero-order valence-electron chi connectivity index (χ0n) is 8.86. The molecule has 0 spiro atoms. The number of nitrogens with zero attached hydrogens (tertiary/aromatic N) is 1. The highest BCUT2D eigenvalue weighted by Gasteiger charge is 2.11. The Labute approximate surface area is 75.4 Å². The molecule has 0 saturated heterocycles. The van der Waals surface area contributed by atoms with Gasteiger partial charge in [-0.1, -0.05) is 13.8 Å². The van der Waals surface area contributed by atoms with Gasteiger partial charge in [-0.25, -0.2) is 0 Å². The molecule has 0 aromatic carbocycles. The van der Waals surface area contributed by atoms with Crippen LogP contribution in [-0.4, -0.2) is 4.57 Å². The molecule has 0 unspecified atom stereocenters. The molecule has 0 radical (unpaired) electrons. The molecule has 1 heterocycles. The molecule has 1 aromatic heterocycles. The number of rotatable bonds is 2. The predicted octanol–water partition coefficient (Wildman–Crippen LogP) is 2.77. The molecule has 0 aliphatic rings. The fourth-order valence-corrected chi connectivity index (χ4v) is 2.03. The molecule has 0 saturated carbocycles. The van der Waals surface area contributed by atoms with Crippen LogP contribution in [0, 0.1) is 13.8 Å². The molecule has 1 aromatic rings. The number of hydrogen-bond acceptors (Lipinski definition) is 0. The topological polar surface area (TPSA) is 4.93 Å². The molecule has 0 N–H and O–H groups in total. The van der Waals surface area contributed by atoms with Crippen LogP contribution in [0.5, 0.6) is 0 Å². The molecule has 1 nitrogen and oxygen atoms in total. The third kappa shape index (κ3) is 1.17. The summed E-state index contributed by atoms with van der Waals surface area (Å²) in [6.45, 7) is 8.90. The third-order valence-electron chi connectivity index (χ3n) is 2.95. The largest absolute Gasteiger partial charge is 0.352 e. The summed E-state index contributed by atoms with van der Waals surface area (Å²) in [6, 6.07) is 0. The predicted molar refractivity (Wildman–Crippen MR) is 53.6 cm³/mol. The maximum atomic E-state index is 2.30. The SMILES string of the molecule is CCc1c(CC)c(C)n(C)c1C. The Morgan fingerprint density at radius 3 is 1.50 bits per heavy atom. The normalized spacial score (nSPS) is 10.8. The number of hydrogen-bond donors (Lipinski definition) is 0. The lowest BCUT2D eigenvalue weighted by Crippen LogP contribution is -1.93. The Bertz CT molecular complexity index is 254. The standard InChI is InChI=1S/C11H19N/c1-6-10-8(3)12(5)9(4)11(10)7-2/h6-7H2,1-5H3. The first-order valence-corrected chi connectivity index (χ1v) is 4.77. The minimum atomic E-state index is 1.16. The quantitative estimate of drug-likeness (QED) is 0.635. The second-order valence-corrected chi connectivity index (χ2v) is 3.39. The molecule has 12 heavy (non-hydrogen) atoms. The molecular weight excluding hydrogens is 146 g/mol. The van der Waals surface area contributed by atoms with Crippen LogP contribution in [-0.2, 0) is 19.9 Å². The highest BCUT2D eigenvalue weighted by atomic mass is 15.0. The van der Waals surface area contributed by atoms with Gasteiger partial charge < -0.3 is 4.57 Å². The van der Waals surface area contributed by atoms with E-state index in [0.29, 0.717) is 0 Å². The van der Waals surface area contributed by atoms with Crippen LogP contribution in [0.1, 0.15) is 36.4 Å². The van der Waals surface area contributed by atoms with Gasteiger partial charge in [0.1, 0.15) is 0 Å². The van der Waals surface area contributed by atoms with Crippen molar-refractivity contribution in [2.75, 3.05) is 0 Å². The fraction of sp³-hybridized carbons (Fsp3) is 0.636. The van der Waals surface area contributed by atoms with Crippen molar-refractivity contribution in [3.63, 3.8) is 0 Å². The van der Waals surface area contributed by atoms with E-state index >= 15 is 0 Å². The summed E-state index contributed by atoms with van der Waals surface area (Å²) < 4.78 is 2.30. The Kier molecular flexibility index (Phi) is 2.61. The fourth-order valence-electron chi connectivity index (χ4n) is 2.03. The van der Waals surface area contributed by atoms with Gasteiger partial charge in [-0.2, -0.15) is 0 Å². The monoisotopic (exact) mass is 165 g/mol. The highest BCUT2D eigenvalue weighted by Crippen LogP contribution is 2.21. The molecule has 1 rings (SSSR count). The van der Waals surface area contributed by atoms with Gasteiger partial charge in [-0.15, -0.1) is 0 Å². The zero-order valence-corrected chi connectivity index (χ0v) is 8.86. The van der Waals surface area contributed by atoms with E-state index in [1.807, 2.05) is 0 Å². The van der Waals surface area contributed by atoms with Gasteiger partial charge in [-0.05, 0) is 37.8 Å². The van der Waals surface area contributed by atoms with Crippen molar-refractivity contribution in [1.82, 2.24) is 4.57 Å². The van der Waals surface area contributed by atoms with Crippen molar-refractivity contribution in [3.05, 3.63) is 22.5 Å². The Hall–Kier alpha value is -0.720. The summed E-state index contributed by atoms with van der Waals surface area (Å²) in [5.41, 5.74) is 5.98. The van der Waals surface area contributed by atoms with Gasteiger partial charge in [0.05, 0.1) is 0 Å². The van der Waals surface area contributed by atoms with Crippen molar-refractivity contribution < 1.29 is 0 Å². The summed E-state index contributed by atoms with van der Waals surface area (Å²) in [4.78, 5) is 0. The first-order valence-electron chi connectivity index (χ1n) is 4.77. The minimum absolute atomic E-state index is 1.16. The van der Waals surface area contributed by atoms with Crippen LogP contribution in [0.3, 0.4) is 0 Å². The van der Waals surface area contributed by atoms with Crippen molar-refractivity contribution in [3.8, 4) is 0 Å². The molecule has 0 aliphatic heterocycles. The average molecular weight is 165 g/mol. The van der Waals surface area contributed by atoms with Crippen molar-refractivity contribution in [1.29, 1.82) is 0 Å². The Morgan fingerprint density at radius 1 is 0.917 bits per heavy atom. The van der Waals surface area contributed by atoms with Crippen LogP contribution in [0.2, 0.25) is 0 Å². The summed E-state index contributed by atoms with van der Waals surface area (Å²) in [7, 11) is 2.16. The van der Waals surface area contributed by atoms with Crippen molar-refractivity contribution in [2.45, 2.75) is 40.5 Å². The van der Waals surface area contributed by atoms with Crippen LogP contribution in [0.25, 0.3) is 0 Å². The van der Waals surface area contributed by atoms with Gasteiger partial charge in [0.25, 0.3) is 0 Å². The van der Waals surface area contributed by atoms with E-state index in [1.54, 1.807) is 11.1 Å². The first-order chi connectivity index (χ1) is 5.63. The molecular formula is C11H19N.